The molecule has 0 spiro atoms. The number of benzene rings is 1. The lowest BCUT2D eigenvalue weighted by atomic mass is 10.2. The van der Waals surface area contributed by atoms with Crippen molar-refractivity contribution >= 4 is 6.29 Å². The van der Waals surface area contributed by atoms with Gasteiger partial charge in [0.25, 0.3) is 0 Å². The fraction of sp³-hybridized carbons (Fsp3) is 0.500. The van der Waals surface area contributed by atoms with E-state index in [4.69, 9.17) is 18.9 Å². The maximum Gasteiger partial charge on any atom is 0.203 e. The zero-order valence-electron chi connectivity index (χ0n) is 11.7. The quantitative estimate of drug-likeness (QED) is 0.489. The van der Waals surface area contributed by atoms with Crippen molar-refractivity contribution in [3.8, 4) is 17.2 Å². The van der Waals surface area contributed by atoms with Crippen molar-refractivity contribution in [3.05, 3.63) is 17.7 Å². The van der Waals surface area contributed by atoms with E-state index in [1.54, 1.807) is 0 Å². The van der Waals surface area contributed by atoms with E-state index in [-0.39, 0.29) is 24.9 Å². The van der Waals surface area contributed by atoms with Crippen LogP contribution in [0.25, 0.3) is 0 Å². The molecule has 0 N–H and O–H groups in total. The van der Waals surface area contributed by atoms with Gasteiger partial charge < -0.3 is 18.9 Å². The number of carbonyl (C=O) groups excluding carboxylic acids is 1. The van der Waals surface area contributed by atoms with Crippen molar-refractivity contribution in [2.75, 3.05) is 33.8 Å². The average Bonchev–Trinajstić information content (AvgIpc) is 2.48. The molecule has 0 aromatic heterocycles. The van der Waals surface area contributed by atoms with E-state index in [0.29, 0.717) is 24.2 Å². The lowest BCUT2D eigenvalue weighted by Gasteiger charge is -2.16. The lowest BCUT2D eigenvalue weighted by molar-refractivity contribution is 0.0479. The molecule has 0 aliphatic carbocycles. The smallest absolute Gasteiger partial charge is 0.203 e. The van der Waals surface area contributed by atoms with Gasteiger partial charge in [-0.1, -0.05) is 6.92 Å². The maximum atomic E-state index is 12.3. The Balaban J connectivity index is 3.10. The monoisotopic (exact) mass is 286 g/mol. The summed E-state index contributed by atoms with van der Waals surface area (Å²) in [5.74, 6) is 0.922. The summed E-state index contributed by atoms with van der Waals surface area (Å²) in [6, 6.07) is 3.04. The largest absolute Gasteiger partial charge is 0.490 e. The SMILES string of the molecule is CCCOc1cc(C=O)cc(OCOC)c1OCCF. The summed E-state index contributed by atoms with van der Waals surface area (Å²) in [4.78, 5) is 10.9. The molecule has 0 saturated heterocycles. The van der Waals surface area contributed by atoms with Crippen molar-refractivity contribution in [1.29, 1.82) is 0 Å². The summed E-state index contributed by atoms with van der Waals surface area (Å²) >= 11 is 0. The Bertz CT molecular complexity index is 393. The van der Waals surface area contributed by atoms with Crippen LogP contribution in [0.5, 0.6) is 17.2 Å². The Morgan fingerprint density at radius 2 is 1.85 bits per heavy atom. The molecule has 20 heavy (non-hydrogen) atoms. The van der Waals surface area contributed by atoms with Gasteiger partial charge in [0.05, 0.1) is 6.61 Å². The molecule has 0 radical (unpaired) electrons. The second-order valence-corrected chi connectivity index (χ2v) is 3.90. The van der Waals surface area contributed by atoms with Crippen LogP contribution in [-0.4, -0.2) is 40.1 Å². The minimum Gasteiger partial charge on any atom is -0.490 e. The second kappa shape index (κ2) is 9.14. The third-order valence-corrected chi connectivity index (χ3v) is 2.30. The Labute approximate surface area is 117 Å². The summed E-state index contributed by atoms with van der Waals surface area (Å²) in [5, 5.41) is 0. The zero-order chi connectivity index (χ0) is 14.8. The predicted octanol–water partition coefficient (Wildman–Crippen LogP) is 2.62. The molecule has 0 heterocycles. The van der Waals surface area contributed by atoms with Crippen LogP contribution in [0, 0.1) is 0 Å². The number of ether oxygens (including phenoxy) is 4. The van der Waals surface area contributed by atoms with E-state index in [9.17, 15) is 9.18 Å². The second-order valence-electron chi connectivity index (χ2n) is 3.90. The number of carbonyl (C=O) groups is 1. The Morgan fingerprint density at radius 3 is 2.40 bits per heavy atom. The summed E-state index contributed by atoms with van der Waals surface area (Å²) in [6.45, 7) is 1.64. The molecule has 0 aliphatic rings. The molecule has 0 fully saturated rings. The number of hydrogen-bond donors (Lipinski definition) is 0. The van der Waals surface area contributed by atoms with Crippen LogP contribution in [0.3, 0.4) is 0 Å². The maximum absolute atomic E-state index is 12.3. The van der Waals surface area contributed by atoms with Gasteiger partial charge in [-0.05, 0) is 18.6 Å². The highest BCUT2D eigenvalue weighted by Gasteiger charge is 2.15. The first-order valence-corrected chi connectivity index (χ1v) is 6.33. The van der Waals surface area contributed by atoms with Crippen LogP contribution in [0.2, 0.25) is 0 Å². The third-order valence-electron chi connectivity index (χ3n) is 2.30. The summed E-state index contributed by atoms with van der Waals surface area (Å²) < 4.78 is 33.3. The van der Waals surface area contributed by atoms with Gasteiger partial charge in [0, 0.05) is 12.7 Å². The number of halogens is 1. The Morgan fingerprint density at radius 1 is 1.15 bits per heavy atom. The molecule has 0 saturated carbocycles. The average molecular weight is 286 g/mol. The predicted molar refractivity (Wildman–Crippen MR) is 71.6 cm³/mol. The summed E-state index contributed by atoms with van der Waals surface area (Å²) in [7, 11) is 1.47. The highest BCUT2D eigenvalue weighted by Crippen LogP contribution is 2.38. The number of rotatable bonds is 10. The van der Waals surface area contributed by atoms with E-state index in [2.05, 4.69) is 0 Å². The molecule has 6 heteroatoms. The van der Waals surface area contributed by atoms with E-state index >= 15 is 0 Å². The normalized spacial score (nSPS) is 10.2. The fourth-order valence-electron chi connectivity index (χ4n) is 1.50. The minimum absolute atomic E-state index is 0.0124. The van der Waals surface area contributed by atoms with Gasteiger partial charge in [-0.3, -0.25) is 4.79 Å². The number of aldehydes is 1. The fourth-order valence-corrected chi connectivity index (χ4v) is 1.50. The number of hydrogen-bond acceptors (Lipinski definition) is 5. The number of alkyl halides is 1. The van der Waals surface area contributed by atoms with Gasteiger partial charge >= 0.3 is 0 Å². The van der Waals surface area contributed by atoms with Crippen LogP contribution in [0.15, 0.2) is 12.1 Å². The van der Waals surface area contributed by atoms with Gasteiger partial charge in [-0.15, -0.1) is 0 Å². The highest BCUT2D eigenvalue weighted by molar-refractivity contribution is 5.78. The first-order valence-electron chi connectivity index (χ1n) is 6.33. The van der Waals surface area contributed by atoms with Crippen molar-refractivity contribution in [1.82, 2.24) is 0 Å². The van der Waals surface area contributed by atoms with Crippen molar-refractivity contribution in [2.45, 2.75) is 13.3 Å². The summed E-state index contributed by atoms with van der Waals surface area (Å²) in [6.07, 6.45) is 1.47. The first-order chi connectivity index (χ1) is 9.76. The van der Waals surface area contributed by atoms with Crippen LogP contribution in [-0.2, 0) is 4.74 Å². The van der Waals surface area contributed by atoms with Crippen molar-refractivity contribution in [2.24, 2.45) is 0 Å². The molecule has 0 aliphatic heterocycles. The topological polar surface area (TPSA) is 54.0 Å². The van der Waals surface area contributed by atoms with Crippen LogP contribution < -0.4 is 14.2 Å². The lowest BCUT2D eigenvalue weighted by Crippen LogP contribution is -2.07. The molecule has 5 nitrogen and oxygen atoms in total. The van der Waals surface area contributed by atoms with Crippen LogP contribution >= 0.6 is 0 Å². The van der Waals surface area contributed by atoms with Gasteiger partial charge in [0.15, 0.2) is 18.3 Å². The molecule has 0 unspecified atom stereocenters. The van der Waals surface area contributed by atoms with Gasteiger partial charge in [0.2, 0.25) is 5.75 Å². The van der Waals surface area contributed by atoms with Gasteiger partial charge in [-0.2, -0.15) is 0 Å². The Kier molecular flexibility index (Phi) is 7.42. The molecule has 0 bridgehead atoms. The van der Waals surface area contributed by atoms with Crippen molar-refractivity contribution in [3.63, 3.8) is 0 Å². The van der Waals surface area contributed by atoms with Gasteiger partial charge in [0.1, 0.15) is 19.6 Å². The van der Waals surface area contributed by atoms with E-state index in [0.717, 1.165) is 6.42 Å². The molecule has 112 valence electrons. The molecular formula is C14H19FO5. The minimum atomic E-state index is -0.633. The highest BCUT2D eigenvalue weighted by atomic mass is 19.1. The molecular weight excluding hydrogens is 267 g/mol. The first kappa shape index (κ1) is 16.2. The Hall–Kier alpha value is -1.82. The molecule has 1 aromatic rings. The van der Waals surface area contributed by atoms with Crippen molar-refractivity contribution < 1.29 is 28.1 Å². The van der Waals surface area contributed by atoms with Crippen LogP contribution in [0.1, 0.15) is 23.7 Å². The third kappa shape index (κ3) is 4.70. The summed E-state index contributed by atoms with van der Waals surface area (Å²) in [5.41, 5.74) is 0.384. The molecule has 0 atom stereocenters. The molecule has 1 aromatic carbocycles. The zero-order valence-corrected chi connectivity index (χ0v) is 11.7. The molecule has 1 rings (SSSR count). The number of methoxy groups -OCH3 is 1. The molecule has 0 amide bonds. The van der Waals surface area contributed by atoms with E-state index < -0.39 is 6.67 Å². The van der Waals surface area contributed by atoms with Crippen LogP contribution in [0.4, 0.5) is 4.39 Å². The van der Waals surface area contributed by atoms with E-state index in [1.807, 2.05) is 6.92 Å². The van der Waals surface area contributed by atoms with Gasteiger partial charge in [-0.25, -0.2) is 4.39 Å². The van der Waals surface area contributed by atoms with E-state index in [1.165, 1.54) is 19.2 Å². The standard InChI is InChI=1S/C14H19FO5/c1-3-5-18-12-7-11(9-16)8-13(20-10-17-2)14(12)19-6-4-15/h7-9H,3-6,10H2,1-2H3.